The van der Waals surface area contributed by atoms with Crippen LogP contribution in [0.4, 0.5) is 0 Å². The first-order valence-corrected chi connectivity index (χ1v) is 11.0. The Labute approximate surface area is 162 Å². The third-order valence-corrected chi connectivity index (χ3v) is 5.41. The van der Waals surface area contributed by atoms with Gasteiger partial charge in [0.15, 0.2) is 6.10 Å². The average Bonchev–Trinajstić information content (AvgIpc) is 3.08. The van der Waals surface area contributed by atoms with Crippen molar-refractivity contribution < 1.29 is 22.7 Å². The smallest absolute Gasteiger partial charge is 0.349 e. The van der Waals surface area contributed by atoms with Gasteiger partial charge in [0.05, 0.1) is 6.26 Å². The van der Waals surface area contributed by atoms with E-state index in [0.717, 1.165) is 16.7 Å². The number of thiophene rings is 1. The Kier molecular flexibility index (Phi) is 7.52. The second kappa shape index (κ2) is 9.63. The zero-order chi connectivity index (χ0) is 19.9. The zero-order valence-electron chi connectivity index (χ0n) is 15.1. The molecule has 27 heavy (non-hydrogen) atoms. The summed E-state index contributed by atoms with van der Waals surface area (Å²) in [6.07, 6.45) is 0.644. The summed E-state index contributed by atoms with van der Waals surface area (Å²) in [5, 5.41) is 2.72. The molecule has 0 aliphatic heterocycles. The van der Waals surface area contributed by atoms with Crippen molar-refractivity contribution in [2.75, 3.05) is 12.8 Å². The highest BCUT2D eigenvalue weighted by Crippen LogP contribution is 2.18. The van der Waals surface area contributed by atoms with Gasteiger partial charge in [0.2, 0.25) is 10.0 Å². The average molecular weight is 411 g/mol. The van der Waals surface area contributed by atoms with E-state index in [9.17, 15) is 18.0 Å². The number of esters is 1. The lowest BCUT2D eigenvalue weighted by molar-refractivity contribution is -0.129. The van der Waals surface area contributed by atoms with E-state index in [2.05, 4.69) is 10.0 Å². The minimum Gasteiger partial charge on any atom is -0.448 e. The van der Waals surface area contributed by atoms with Crippen LogP contribution in [0.1, 0.15) is 27.0 Å². The van der Waals surface area contributed by atoms with Crippen molar-refractivity contribution in [2.45, 2.75) is 26.0 Å². The fourth-order valence-corrected chi connectivity index (χ4v) is 3.55. The highest BCUT2D eigenvalue weighted by molar-refractivity contribution is 7.88. The van der Waals surface area contributed by atoms with Gasteiger partial charge in [-0.2, -0.15) is 0 Å². The van der Waals surface area contributed by atoms with Crippen molar-refractivity contribution in [3.8, 4) is 0 Å². The van der Waals surface area contributed by atoms with Gasteiger partial charge in [0, 0.05) is 18.0 Å². The molecule has 2 aromatic rings. The summed E-state index contributed by atoms with van der Waals surface area (Å²) < 4.78 is 29.7. The Morgan fingerprint density at radius 1 is 1.15 bits per heavy atom. The maximum Gasteiger partial charge on any atom is 0.349 e. The third kappa shape index (κ3) is 7.49. The lowest BCUT2D eigenvalue weighted by Crippen LogP contribution is -2.35. The molecule has 1 aromatic carbocycles. The molecule has 1 unspecified atom stereocenters. The lowest BCUT2D eigenvalue weighted by Gasteiger charge is -2.13. The second-order valence-electron chi connectivity index (χ2n) is 5.93. The van der Waals surface area contributed by atoms with Crippen LogP contribution in [0.15, 0.2) is 42.5 Å². The van der Waals surface area contributed by atoms with E-state index in [-0.39, 0.29) is 12.5 Å². The van der Waals surface area contributed by atoms with Gasteiger partial charge in [-0.3, -0.25) is 4.79 Å². The maximum absolute atomic E-state index is 12.2. The minimum atomic E-state index is -3.24. The summed E-state index contributed by atoms with van der Waals surface area (Å²) in [6, 6.07) is 12.8. The van der Waals surface area contributed by atoms with Crippen LogP contribution in [-0.4, -0.2) is 39.2 Å². The number of carbonyl (C=O) groups is 2. The quantitative estimate of drug-likeness (QED) is 0.613. The van der Waals surface area contributed by atoms with E-state index in [4.69, 9.17) is 4.74 Å². The minimum absolute atomic E-state index is 0.256. The topological polar surface area (TPSA) is 102 Å². The second-order valence-corrected chi connectivity index (χ2v) is 8.93. The molecule has 1 atom stereocenters. The summed E-state index contributed by atoms with van der Waals surface area (Å²) in [4.78, 5) is 25.5. The Balaban J connectivity index is 1.80. The number of amides is 1. The highest BCUT2D eigenvalue weighted by atomic mass is 32.2. The van der Waals surface area contributed by atoms with Gasteiger partial charge in [0.25, 0.3) is 5.91 Å². The van der Waals surface area contributed by atoms with Crippen LogP contribution in [0, 0.1) is 0 Å². The first kappa shape index (κ1) is 21.1. The zero-order valence-corrected chi connectivity index (χ0v) is 16.7. The molecule has 0 fully saturated rings. The Morgan fingerprint density at radius 2 is 1.85 bits per heavy atom. The molecule has 0 bridgehead atoms. The van der Waals surface area contributed by atoms with Crippen LogP contribution in [-0.2, 0) is 32.5 Å². The van der Waals surface area contributed by atoms with Crippen LogP contribution < -0.4 is 10.0 Å². The normalized spacial score (nSPS) is 12.4. The Hall–Kier alpha value is -2.23. The molecular formula is C18H22N2O5S2. The summed E-state index contributed by atoms with van der Waals surface area (Å²) in [7, 11) is -3.24. The molecule has 0 radical (unpaired) electrons. The molecule has 2 N–H and O–H groups in total. The molecule has 0 saturated heterocycles. The van der Waals surface area contributed by atoms with Crippen LogP contribution in [0.3, 0.4) is 0 Å². The van der Waals surface area contributed by atoms with E-state index in [1.54, 1.807) is 12.1 Å². The van der Waals surface area contributed by atoms with Crippen molar-refractivity contribution in [1.29, 1.82) is 0 Å². The molecule has 0 saturated carbocycles. The number of nitrogens with one attached hydrogen (secondary N) is 2. The SMILES string of the molecule is CC(OC(=O)c1ccc(CCNS(C)(=O)=O)s1)C(=O)NCc1ccccc1. The largest absolute Gasteiger partial charge is 0.448 e. The molecule has 146 valence electrons. The van der Waals surface area contributed by atoms with E-state index in [1.807, 2.05) is 30.3 Å². The predicted molar refractivity (Wildman–Crippen MR) is 104 cm³/mol. The Bertz CT molecular complexity index is 878. The van der Waals surface area contributed by atoms with Gasteiger partial charge in [-0.25, -0.2) is 17.9 Å². The number of hydrogen-bond acceptors (Lipinski definition) is 6. The molecule has 1 aromatic heterocycles. The van der Waals surface area contributed by atoms with E-state index < -0.39 is 22.1 Å². The molecule has 2 rings (SSSR count). The number of sulfonamides is 1. The van der Waals surface area contributed by atoms with Crippen LogP contribution in [0.2, 0.25) is 0 Å². The van der Waals surface area contributed by atoms with Crippen molar-refractivity contribution >= 4 is 33.2 Å². The summed E-state index contributed by atoms with van der Waals surface area (Å²) in [6.45, 7) is 2.13. The number of carbonyl (C=O) groups excluding carboxylic acids is 2. The van der Waals surface area contributed by atoms with Crippen molar-refractivity contribution in [1.82, 2.24) is 10.0 Å². The summed E-state index contributed by atoms with van der Waals surface area (Å²) >= 11 is 1.21. The van der Waals surface area contributed by atoms with E-state index >= 15 is 0 Å². The Morgan fingerprint density at radius 3 is 2.52 bits per heavy atom. The molecule has 9 heteroatoms. The van der Waals surface area contributed by atoms with Gasteiger partial charge < -0.3 is 10.1 Å². The predicted octanol–water partition coefficient (Wildman–Crippen LogP) is 1.70. The molecule has 0 aliphatic carbocycles. The standard InChI is InChI=1S/C18H22N2O5S2/c1-13(17(21)19-12-14-6-4-3-5-7-14)25-18(22)16-9-8-15(26-16)10-11-20-27(2,23)24/h3-9,13,20H,10-12H2,1-2H3,(H,19,21). The fourth-order valence-electron chi connectivity index (χ4n) is 2.18. The summed E-state index contributed by atoms with van der Waals surface area (Å²) in [5.74, 6) is -0.953. The number of rotatable bonds is 9. The first-order chi connectivity index (χ1) is 12.7. The van der Waals surface area contributed by atoms with Crippen molar-refractivity contribution in [2.24, 2.45) is 0 Å². The van der Waals surface area contributed by atoms with Crippen molar-refractivity contribution in [3.63, 3.8) is 0 Å². The number of hydrogen-bond donors (Lipinski definition) is 2. The van der Waals surface area contributed by atoms with Crippen LogP contribution >= 0.6 is 11.3 Å². The van der Waals surface area contributed by atoms with Crippen LogP contribution in [0.5, 0.6) is 0 Å². The van der Waals surface area contributed by atoms with Crippen LogP contribution in [0.25, 0.3) is 0 Å². The summed E-state index contributed by atoms with van der Waals surface area (Å²) in [5.41, 5.74) is 0.954. The van der Waals surface area contributed by atoms with E-state index in [0.29, 0.717) is 17.8 Å². The molecule has 1 heterocycles. The highest BCUT2D eigenvalue weighted by Gasteiger charge is 2.20. The molecular weight excluding hydrogens is 388 g/mol. The first-order valence-electron chi connectivity index (χ1n) is 8.30. The number of ether oxygens (including phenoxy) is 1. The lowest BCUT2D eigenvalue weighted by atomic mass is 10.2. The monoisotopic (exact) mass is 410 g/mol. The van der Waals surface area contributed by atoms with Gasteiger partial charge in [-0.1, -0.05) is 30.3 Å². The van der Waals surface area contributed by atoms with E-state index in [1.165, 1.54) is 18.3 Å². The van der Waals surface area contributed by atoms with Crippen molar-refractivity contribution in [3.05, 3.63) is 57.8 Å². The third-order valence-electron chi connectivity index (χ3n) is 3.56. The van der Waals surface area contributed by atoms with Gasteiger partial charge in [0.1, 0.15) is 4.88 Å². The molecule has 7 nitrogen and oxygen atoms in total. The molecule has 1 amide bonds. The maximum atomic E-state index is 12.2. The molecule has 0 spiro atoms. The van der Waals surface area contributed by atoms with Gasteiger partial charge in [-0.15, -0.1) is 11.3 Å². The van der Waals surface area contributed by atoms with Gasteiger partial charge >= 0.3 is 5.97 Å². The molecule has 0 aliphatic rings. The number of benzene rings is 1. The van der Waals surface area contributed by atoms with Gasteiger partial charge in [-0.05, 0) is 31.0 Å². The fraction of sp³-hybridized carbons (Fsp3) is 0.333.